The van der Waals surface area contributed by atoms with Crippen LogP contribution in [-0.2, 0) is 47.3 Å². The Morgan fingerprint density at radius 1 is 0.408 bits per heavy atom. The molecule has 0 aliphatic rings. The zero-order valence-corrected chi connectivity index (χ0v) is 44.5. The minimum Gasteiger partial charge on any atom is -0.496 e. The van der Waals surface area contributed by atoms with Gasteiger partial charge in [0, 0.05) is 70.6 Å². The molecule has 13 heteroatoms. The molecule has 0 saturated carbocycles. The first kappa shape index (κ1) is 54.2. The average Bonchev–Trinajstić information content (AvgIpc) is 3.46. The van der Waals surface area contributed by atoms with Crippen molar-refractivity contribution in [2.45, 2.75) is 37.8 Å². The van der Waals surface area contributed by atoms with Crippen LogP contribution in [-0.4, -0.2) is 60.4 Å². The van der Waals surface area contributed by atoms with E-state index in [2.05, 4.69) is 15.9 Å². The molecule has 390 valence electrons. The molecule has 0 heterocycles. The number of hydrogen-bond donors (Lipinski definition) is 0. The highest BCUT2D eigenvalue weighted by Gasteiger charge is 2.23. The monoisotopic (exact) mass is 1090 g/mol. The highest BCUT2D eigenvalue weighted by molar-refractivity contribution is 9.08. The van der Waals surface area contributed by atoms with E-state index in [-0.39, 0.29) is 26.2 Å². The van der Waals surface area contributed by atoms with E-state index in [1.807, 2.05) is 109 Å². The van der Waals surface area contributed by atoms with Crippen molar-refractivity contribution in [2.24, 2.45) is 0 Å². The van der Waals surface area contributed by atoms with Gasteiger partial charge in [-0.25, -0.2) is 9.59 Å². The predicted molar refractivity (Wildman–Crippen MR) is 294 cm³/mol. The standard InChI is InChI=1S/C63H59BrO12/c1-67-27-28-71-42-74-58-26-25-54(75-62(65)45-21-13-7-14-22-45)32-47(58)29-48-33-55(72-40-43-17-9-5-10-18-43)34-49(59(48)68-2)30-51-36-57(76-63(66)46-23-15-8-16-24-46)37-52(60(51)69-3)31-50-35-56(38-53(39-64)61(50)70-4)73-41-44-19-11-6-12-20-44/h5-26,32-38H,27-31,39-42H2,1-4H3. The number of ether oxygens (including phenoxy) is 10. The van der Waals surface area contributed by atoms with E-state index in [0.29, 0.717) is 99.8 Å². The Hall–Kier alpha value is -8.10. The Bertz CT molecular complexity index is 3170. The molecule has 0 aliphatic heterocycles. The number of carbonyl (C=O) groups excluding carboxylic acids is 2. The lowest BCUT2D eigenvalue weighted by Crippen LogP contribution is -2.11. The first-order valence-electron chi connectivity index (χ1n) is 24.6. The Morgan fingerprint density at radius 2 is 0.803 bits per heavy atom. The highest BCUT2D eigenvalue weighted by Crippen LogP contribution is 2.41. The lowest BCUT2D eigenvalue weighted by Gasteiger charge is -2.21. The van der Waals surface area contributed by atoms with E-state index in [1.54, 1.807) is 95.2 Å². The number of benzene rings is 8. The number of halogens is 1. The summed E-state index contributed by atoms with van der Waals surface area (Å²) in [4.78, 5) is 27.1. The summed E-state index contributed by atoms with van der Waals surface area (Å²) in [6.45, 7) is 1.33. The van der Waals surface area contributed by atoms with Crippen LogP contribution in [0.2, 0.25) is 0 Å². The SMILES string of the molecule is COCCOCOc1ccc(OC(=O)c2ccccc2)cc1Cc1cc(OCc2ccccc2)cc(Cc2cc(OC(=O)c3ccccc3)cc(Cc3cc(OCc4ccccc4)cc(CBr)c3OC)c2OC)c1OC. The van der Waals surface area contributed by atoms with Crippen LogP contribution in [0, 0.1) is 0 Å². The molecular weight excluding hydrogens is 1030 g/mol. The van der Waals surface area contributed by atoms with Gasteiger partial charge in [0.15, 0.2) is 6.79 Å². The molecule has 0 fully saturated rings. The Balaban J connectivity index is 1.22. The number of methoxy groups -OCH3 is 4. The lowest BCUT2D eigenvalue weighted by molar-refractivity contribution is -0.00885. The van der Waals surface area contributed by atoms with Gasteiger partial charge in [-0.3, -0.25) is 0 Å². The molecule has 8 aromatic rings. The fourth-order valence-corrected chi connectivity index (χ4v) is 9.13. The maximum Gasteiger partial charge on any atom is 0.343 e. The van der Waals surface area contributed by atoms with Crippen molar-refractivity contribution >= 4 is 27.9 Å². The van der Waals surface area contributed by atoms with Crippen molar-refractivity contribution in [2.75, 3.05) is 48.4 Å². The summed E-state index contributed by atoms with van der Waals surface area (Å²) in [5.41, 5.74) is 8.12. The first-order valence-corrected chi connectivity index (χ1v) is 25.7. The van der Waals surface area contributed by atoms with Crippen molar-refractivity contribution in [3.8, 4) is 46.0 Å². The normalized spacial score (nSPS) is 10.9. The Morgan fingerprint density at radius 3 is 1.25 bits per heavy atom. The summed E-state index contributed by atoms with van der Waals surface area (Å²) in [6, 6.07) is 54.2. The van der Waals surface area contributed by atoms with E-state index >= 15 is 0 Å². The molecule has 0 amide bonds. The van der Waals surface area contributed by atoms with E-state index < -0.39 is 11.9 Å². The van der Waals surface area contributed by atoms with Crippen molar-refractivity contribution in [1.82, 2.24) is 0 Å². The second-order valence-corrected chi connectivity index (χ2v) is 18.0. The van der Waals surface area contributed by atoms with Gasteiger partial charge in [-0.15, -0.1) is 0 Å². The summed E-state index contributed by atoms with van der Waals surface area (Å²) < 4.78 is 60.9. The number of rotatable bonds is 26. The van der Waals surface area contributed by atoms with Gasteiger partial charge in [0.2, 0.25) is 0 Å². The smallest absolute Gasteiger partial charge is 0.343 e. The topological polar surface area (TPSA) is 126 Å². The number of alkyl halides is 1. The molecule has 8 rings (SSSR count). The van der Waals surface area contributed by atoms with Gasteiger partial charge in [0.05, 0.1) is 45.7 Å². The van der Waals surface area contributed by atoms with Crippen LogP contribution in [0.5, 0.6) is 46.0 Å². The fourth-order valence-electron chi connectivity index (χ4n) is 8.72. The zero-order chi connectivity index (χ0) is 53.1. The minimum atomic E-state index is -0.520. The lowest BCUT2D eigenvalue weighted by atomic mass is 9.93. The third kappa shape index (κ3) is 14.6. The molecule has 12 nitrogen and oxygen atoms in total. The molecule has 0 radical (unpaired) electrons. The van der Waals surface area contributed by atoms with Gasteiger partial charge in [-0.1, -0.05) is 113 Å². The second kappa shape index (κ2) is 27.4. The molecule has 0 N–H and O–H groups in total. The summed E-state index contributed by atoms with van der Waals surface area (Å²) in [5.74, 6) is 3.14. The van der Waals surface area contributed by atoms with Crippen LogP contribution in [0.1, 0.15) is 70.8 Å². The molecular formula is C63H59BrO12. The predicted octanol–water partition coefficient (Wildman–Crippen LogP) is 13.0. The van der Waals surface area contributed by atoms with Gasteiger partial charge >= 0.3 is 11.9 Å². The minimum absolute atomic E-state index is 0.0518. The fraction of sp³-hybridized carbons (Fsp3) is 0.206. The third-order valence-electron chi connectivity index (χ3n) is 12.2. The number of carbonyl (C=O) groups is 2. The van der Waals surface area contributed by atoms with Crippen LogP contribution in [0.15, 0.2) is 176 Å². The molecule has 0 atom stereocenters. The first-order chi connectivity index (χ1) is 37.2. The van der Waals surface area contributed by atoms with Crippen molar-refractivity contribution in [3.63, 3.8) is 0 Å². The number of hydrogen-bond acceptors (Lipinski definition) is 12. The summed E-state index contributed by atoms with van der Waals surface area (Å²) in [7, 11) is 6.49. The van der Waals surface area contributed by atoms with Gasteiger partial charge < -0.3 is 47.4 Å². The van der Waals surface area contributed by atoms with E-state index in [4.69, 9.17) is 47.4 Å². The van der Waals surface area contributed by atoms with Crippen molar-refractivity contribution in [1.29, 1.82) is 0 Å². The number of esters is 2. The van der Waals surface area contributed by atoms with Gasteiger partial charge in [0.1, 0.15) is 59.2 Å². The molecule has 0 spiro atoms. The van der Waals surface area contributed by atoms with Crippen molar-refractivity contribution in [3.05, 3.63) is 237 Å². The maximum absolute atomic E-state index is 13.8. The quantitative estimate of drug-likeness (QED) is 0.0168. The summed E-state index contributed by atoms with van der Waals surface area (Å²) in [6.07, 6.45) is 0.795. The van der Waals surface area contributed by atoms with Crippen LogP contribution in [0.3, 0.4) is 0 Å². The molecule has 0 aliphatic carbocycles. The Labute approximate surface area is 452 Å². The molecule has 0 saturated heterocycles. The van der Waals surface area contributed by atoms with Gasteiger partial charge in [-0.05, 0) is 90.0 Å². The maximum atomic E-state index is 13.8. The van der Waals surface area contributed by atoms with E-state index in [1.165, 1.54) is 0 Å². The highest BCUT2D eigenvalue weighted by atomic mass is 79.9. The van der Waals surface area contributed by atoms with E-state index in [9.17, 15) is 9.59 Å². The summed E-state index contributed by atoms with van der Waals surface area (Å²) in [5, 5.41) is 0.506. The van der Waals surface area contributed by atoms with Crippen LogP contribution >= 0.6 is 15.9 Å². The van der Waals surface area contributed by atoms with Crippen LogP contribution in [0.4, 0.5) is 0 Å². The Kier molecular flexibility index (Phi) is 19.6. The van der Waals surface area contributed by atoms with E-state index in [0.717, 1.165) is 38.9 Å². The van der Waals surface area contributed by atoms with Gasteiger partial charge in [-0.2, -0.15) is 0 Å². The van der Waals surface area contributed by atoms with Crippen molar-refractivity contribution < 1.29 is 57.0 Å². The molecule has 0 aromatic heterocycles. The average molecular weight is 1090 g/mol. The summed E-state index contributed by atoms with van der Waals surface area (Å²) >= 11 is 3.68. The largest absolute Gasteiger partial charge is 0.496 e. The van der Waals surface area contributed by atoms with Crippen LogP contribution in [0.25, 0.3) is 0 Å². The molecule has 76 heavy (non-hydrogen) atoms. The molecule has 8 aromatic carbocycles. The third-order valence-corrected chi connectivity index (χ3v) is 12.9. The molecule has 0 unspecified atom stereocenters. The van der Waals surface area contributed by atoms with Gasteiger partial charge in [0.25, 0.3) is 0 Å². The molecule has 0 bridgehead atoms. The zero-order valence-electron chi connectivity index (χ0n) is 42.9. The second-order valence-electron chi connectivity index (χ2n) is 17.5. The van der Waals surface area contributed by atoms with Crippen LogP contribution < -0.4 is 37.9 Å².